The molecule has 2 rings (SSSR count). The summed E-state index contributed by atoms with van der Waals surface area (Å²) in [5, 5.41) is 0. The molecule has 92 valence electrons. The zero-order valence-corrected chi connectivity index (χ0v) is 9.55. The first kappa shape index (κ1) is 12.2. The van der Waals surface area contributed by atoms with Gasteiger partial charge in [-0.2, -0.15) is 0 Å². The van der Waals surface area contributed by atoms with E-state index in [1.54, 1.807) is 0 Å². The van der Waals surface area contributed by atoms with E-state index in [-0.39, 0.29) is 5.56 Å². The van der Waals surface area contributed by atoms with E-state index in [2.05, 4.69) is 11.5 Å². The fraction of sp³-hybridized carbons (Fsp3) is 0.385. The molecule has 17 heavy (non-hydrogen) atoms. The van der Waals surface area contributed by atoms with Gasteiger partial charge in [-0.3, -0.25) is 5.84 Å². The summed E-state index contributed by atoms with van der Waals surface area (Å²) in [5.74, 6) is 4.60. The lowest BCUT2D eigenvalue weighted by Gasteiger charge is -2.23. The topological polar surface area (TPSA) is 38.0 Å². The van der Waals surface area contributed by atoms with Crippen molar-refractivity contribution in [2.45, 2.75) is 31.7 Å². The summed E-state index contributed by atoms with van der Waals surface area (Å²) < 4.78 is 26.8. The summed E-state index contributed by atoms with van der Waals surface area (Å²) in [6.45, 7) is 0. The SMILES string of the molecule is NNC(C1=CCCCC1)c1cc(F)ccc1F. The van der Waals surface area contributed by atoms with Gasteiger partial charge in [-0.05, 0) is 43.9 Å². The van der Waals surface area contributed by atoms with Crippen LogP contribution in [0.3, 0.4) is 0 Å². The third-order valence-corrected chi connectivity index (χ3v) is 3.13. The maximum Gasteiger partial charge on any atom is 0.128 e. The Kier molecular flexibility index (Phi) is 3.86. The fourth-order valence-electron chi connectivity index (χ4n) is 2.26. The molecule has 1 aliphatic rings. The molecular weight excluding hydrogens is 222 g/mol. The predicted octanol–water partition coefficient (Wildman–Crippen LogP) is 2.97. The van der Waals surface area contributed by atoms with E-state index < -0.39 is 17.7 Å². The fourth-order valence-corrected chi connectivity index (χ4v) is 2.26. The molecule has 1 atom stereocenters. The van der Waals surface area contributed by atoms with Crippen molar-refractivity contribution in [3.63, 3.8) is 0 Å². The van der Waals surface area contributed by atoms with Crippen LogP contribution in [-0.4, -0.2) is 0 Å². The van der Waals surface area contributed by atoms with Crippen LogP contribution in [0.25, 0.3) is 0 Å². The maximum atomic E-state index is 13.7. The molecule has 4 heteroatoms. The van der Waals surface area contributed by atoms with Gasteiger partial charge in [-0.1, -0.05) is 11.6 Å². The van der Waals surface area contributed by atoms with Crippen LogP contribution < -0.4 is 11.3 Å². The molecule has 0 radical (unpaired) electrons. The molecule has 0 aliphatic heterocycles. The number of nitrogens with two attached hydrogens (primary N) is 1. The highest BCUT2D eigenvalue weighted by molar-refractivity contribution is 5.30. The van der Waals surface area contributed by atoms with Crippen molar-refractivity contribution in [2.75, 3.05) is 0 Å². The van der Waals surface area contributed by atoms with Gasteiger partial charge in [-0.25, -0.2) is 14.2 Å². The summed E-state index contributed by atoms with van der Waals surface area (Å²) in [6.07, 6.45) is 6.14. The minimum atomic E-state index is -0.446. The number of benzene rings is 1. The highest BCUT2D eigenvalue weighted by atomic mass is 19.1. The van der Waals surface area contributed by atoms with Crippen molar-refractivity contribution >= 4 is 0 Å². The maximum absolute atomic E-state index is 13.7. The minimum absolute atomic E-state index is 0.278. The standard InChI is InChI=1S/C13H16F2N2/c14-10-6-7-12(15)11(8-10)13(17-16)9-4-2-1-3-5-9/h4,6-8,13,17H,1-3,5,16H2. The molecule has 1 aromatic rings. The summed E-state index contributed by atoms with van der Waals surface area (Å²) >= 11 is 0. The van der Waals surface area contributed by atoms with Crippen LogP contribution >= 0.6 is 0 Å². The monoisotopic (exact) mass is 238 g/mol. The number of hydrogen-bond acceptors (Lipinski definition) is 2. The number of nitrogens with one attached hydrogen (secondary N) is 1. The Labute approximate surface area is 99.5 Å². The van der Waals surface area contributed by atoms with E-state index in [1.807, 2.05) is 0 Å². The molecule has 3 N–H and O–H groups in total. The third-order valence-electron chi connectivity index (χ3n) is 3.13. The molecule has 1 aliphatic carbocycles. The second-order valence-electron chi connectivity index (χ2n) is 4.29. The minimum Gasteiger partial charge on any atom is -0.271 e. The number of hydrogen-bond donors (Lipinski definition) is 2. The van der Waals surface area contributed by atoms with E-state index in [1.165, 1.54) is 6.07 Å². The van der Waals surface area contributed by atoms with E-state index >= 15 is 0 Å². The van der Waals surface area contributed by atoms with Gasteiger partial charge in [0.2, 0.25) is 0 Å². The first-order valence-electron chi connectivity index (χ1n) is 5.82. The molecule has 0 aromatic heterocycles. The highest BCUT2D eigenvalue weighted by Gasteiger charge is 2.20. The van der Waals surface area contributed by atoms with Gasteiger partial charge < -0.3 is 0 Å². The number of rotatable bonds is 3. The molecule has 2 nitrogen and oxygen atoms in total. The van der Waals surface area contributed by atoms with Crippen LogP contribution in [0.2, 0.25) is 0 Å². The van der Waals surface area contributed by atoms with Crippen molar-refractivity contribution in [1.82, 2.24) is 5.43 Å². The molecule has 0 fully saturated rings. The van der Waals surface area contributed by atoms with Crippen LogP contribution in [0.4, 0.5) is 8.78 Å². The Bertz CT molecular complexity index is 429. The van der Waals surface area contributed by atoms with Crippen LogP contribution in [0.1, 0.15) is 37.3 Å². The van der Waals surface area contributed by atoms with Gasteiger partial charge in [0.15, 0.2) is 0 Å². The summed E-state index contributed by atoms with van der Waals surface area (Å²) in [5.41, 5.74) is 3.90. The predicted molar refractivity (Wildman–Crippen MR) is 63.0 cm³/mol. The van der Waals surface area contributed by atoms with Crippen LogP contribution in [-0.2, 0) is 0 Å². The second kappa shape index (κ2) is 5.38. The Balaban J connectivity index is 2.34. The molecule has 0 bridgehead atoms. The van der Waals surface area contributed by atoms with Crippen LogP contribution in [0.15, 0.2) is 29.8 Å². The van der Waals surface area contributed by atoms with Gasteiger partial charge in [0.05, 0.1) is 6.04 Å². The third kappa shape index (κ3) is 2.70. The summed E-state index contributed by atoms with van der Waals surface area (Å²) in [7, 11) is 0. The first-order chi connectivity index (χ1) is 8.22. The normalized spacial score (nSPS) is 17.7. The lowest BCUT2D eigenvalue weighted by atomic mass is 9.90. The summed E-state index contributed by atoms with van der Waals surface area (Å²) in [4.78, 5) is 0. The quantitative estimate of drug-likeness (QED) is 0.482. The van der Waals surface area contributed by atoms with Crippen molar-refractivity contribution in [3.8, 4) is 0 Å². The Morgan fingerprint density at radius 1 is 1.24 bits per heavy atom. The Hall–Kier alpha value is -1.26. The average molecular weight is 238 g/mol. The zero-order chi connectivity index (χ0) is 12.3. The molecule has 0 saturated heterocycles. The van der Waals surface area contributed by atoms with Gasteiger partial charge >= 0.3 is 0 Å². The number of allylic oxidation sites excluding steroid dienone is 1. The lowest BCUT2D eigenvalue weighted by Crippen LogP contribution is -2.30. The van der Waals surface area contributed by atoms with Crippen molar-refractivity contribution in [2.24, 2.45) is 5.84 Å². The molecule has 0 spiro atoms. The van der Waals surface area contributed by atoms with E-state index in [0.29, 0.717) is 0 Å². The van der Waals surface area contributed by atoms with E-state index in [0.717, 1.165) is 43.4 Å². The van der Waals surface area contributed by atoms with Gasteiger partial charge in [0, 0.05) is 5.56 Å². The van der Waals surface area contributed by atoms with E-state index in [9.17, 15) is 8.78 Å². The van der Waals surface area contributed by atoms with Gasteiger partial charge in [0.1, 0.15) is 11.6 Å². The van der Waals surface area contributed by atoms with Gasteiger partial charge in [0.25, 0.3) is 0 Å². The van der Waals surface area contributed by atoms with Gasteiger partial charge in [-0.15, -0.1) is 0 Å². The molecule has 0 heterocycles. The molecule has 0 saturated carbocycles. The molecule has 1 aromatic carbocycles. The van der Waals surface area contributed by atoms with Crippen LogP contribution in [0, 0.1) is 11.6 Å². The zero-order valence-electron chi connectivity index (χ0n) is 9.55. The van der Waals surface area contributed by atoms with Crippen molar-refractivity contribution in [3.05, 3.63) is 47.0 Å². The number of halogens is 2. The van der Waals surface area contributed by atoms with Crippen molar-refractivity contribution in [1.29, 1.82) is 0 Å². The van der Waals surface area contributed by atoms with Crippen molar-refractivity contribution < 1.29 is 8.78 Å². The van der Waals surface area contributed by atoms with E-state index in [4.69, 9.17) is 5.84 Å². The Morgan fingerprint density at radius 3 is 2.71 bits per heavy atom. The summed E-state index contributed by atoms with van der Waals surface area (Å²) in [6, 6.07) is 3.03. The second-order valence-corrected chi connectivity index (χ2v) is 4.29. The molecule has 0 amide bonds. The molecular formula is C13H16F2N2. The smallest absolute Gasteiger partial charge is 0.128 e. The Morgan fingerprint density at radius 2 is 2.06 bits per heavy atom. The molecule has 1 unspecified atom stereocenters. The largest absolute Gasteiger partial charge is 0.271 e. The highest BCUT2D eigenvalue weighted by Crippen LogP contribution is 2.30. The average Bonchev–Trinajstić information content (AvgIpc) is 2.36. The van der Waals surface area contributed by atoms with Crippen LogP contribution in [0.5, 0.6) is 0 Å². The lowest BCUT2D eigenvalue weighted by molar-refractivity contribution is 0.519. The first-order valence-corrected chi connectivity index (χ1v) is 5.82. The number of hydrazine groups is 1.